The third-order valence-electron chi connectivity index (χ3n) is 7.35. The van der Waals surface area contributed by atoms with Gasteiger partial charge in [0.05, 0.1) is 7.11 Å². The van der Waals surface area contributed by atoms with Crippen molar-refractivity contribution in [1.29, 1.82) is 0 Å². The van der Waals surface area contributed by atoms with E-state index in [2.05, 4.69) is 12.2 Å². The maximum absolute atomic E-state index is 13.2. The molecule has 2 saturated carbocycles. The molecule has 0 aromatic heterocycles. The SMILES string of the molecule is COc1ccc(/C=C/C(=O)NC(C)C2CC3CCC2C3)cc1S(=O)(=O)N1CCCCC1. The van der Waals surface area contributed by atoms with E-state index in [9.17, 15) is 13.2 Å². The van der Waals surface area contributed by atoms with Crippen molar-refractivity contribution in [3.8, 4) is 5.75 Å². The van der Waals surface area contributed by atoms with Crippen LogP contribution in [0.1, 0.15) is 57.4 Å². The lowest BCUT2D eigenvalue weighted by molar-refractivity contribution is -0.117. The first-order valence-corrected chi connectivity index (χ1v) is 13.0. The molecule has 3 aliphatic rings. The number of hydrogen-bond acceptors (Lipinski definition) is 4. The van der Waals surface area contributed by atoms with E-state index in [1.54, 1.807) is 24.3 Å². The second kappa shape index (κ2) is 9.33. The molecule has 1 aromatic carbocycles. The van der Waals surface area contributed by atoms with Crippen LogP contribution in [-0.4, -0.2) is 44.9 Å². The topological polar surface area (TPSA) is 75.7 Å². The van der Waals surface area contributed by atoms with Crippen LogP contribution in [0.2, 0.25) is 0 Å². The number of carbonyl (C=O) groups is 1. The molecule has 2 aliphatic carbocycles. The molecule has 0 spiro atoms. The molecule has 6 nitrogen and oxygen atoms in total. The van der Waals surface area contributed by atoms with Gasteiger partial charge in [-0.3, -0.25) is 4.79 Å². The number of benzene rings is 1. The first kappa shape index (κ1) is 22.3. The molecule has 3 fully saturated rings. The minimum Gasteiger partial charge on any atom is -0.495 e. The standard InChI is InChI=1S/C24H34N2O4S/c1-17(21-15-19-6-9-20(21)14-19)25-24(27)11-8-18-7-10-22(30-2)23(16-18)31(28,29)26-12-4-3-5-13-26/h7-8,10-11,16-17,19-21H,3-6,9,12-15H2,1-2H3,(H,25,27)/b11-8+. The number of amides is 1. The minimum absolute atomic E-state index is 0.133. The van der Waals surface area contributed by atoms with E-state index in [1.165, 1.54) is 43.2 Å². The summed E-state index contributed by atoms with van der Waals surface area (Å²) in [5.41, 5.74) is 0.666. The van der Waals surface area contributed by atoms with Gasteiger partial charge >= 0.3 is 0 Å². The van der Waals surface area contributed by atoms with Gasteiger partial charge in [-0.2, -0.15) is 4.31 Å². The Morgan fingerprint density at radius 1 is 1.19 bits per heavy atom. The Balaban J connectivity index is 1.45. The van der Waals surface area contributed by atoms with Gasteiger partial charge in [0, 0.05) is 25.2 Å². The van der Waals surface area contributed by atoms with Gasteiger partial charge in [0.2, 0.25) is 15.9 Å². The van der Waals surface area contributed by atoms with Crippen molar-refractivity contribution in [2.24, 2.45) is 17.8 Å². The average molecular weight is 447 g/mol. The summed E-state index contributed by atoms with van der Waals surface area (Å²) >= 11 is 0. The monoisotopic (exact) mass is 446 g/mol. The maximum Gasteiger partial charge on any atom is 0.246 e. The fourth-order valence-electron chi connectivity index (χ4n) is 5.70. The Bertz CT molecular complexity index is 937. The molecule has 1 heterocycles. The third kappa shape index (κ3) is 4.82. The summed E-state index contributed by atoms with van der Waals surface area (Å²) in [7, 11) is -2.15. The van der Waals surface area contributed by atoms with Gasteiger partial charge in [-0.25, -0.2) is 8.42 Å². The lowest BCUT2D eigenvalue weighted by atomic mass is 9.84. The van der Waals surface area contributed by atoms with Crippen molar-refractivity contribution in [3.63, 3.8) is 0 Å². The predicted molar refractivity (Wildman–Crippen MR) is 121 cm³/mol. The van der Waals surface area contributed by atoms with Crippen LogP contribution in [0.5, 0.6) is 5.75 Å². The molecule has 1 aliphatic heterocycles. The smallest absolute Gasteiger partial charge is 0.246 e. The van der Waals surface area contributed by atoms with Gasteiger partial charge < -0.3 is 10.1 Å². The predicted octanol–water partition coefficient (Wildman–Crippen LogP) is 3.82. The van der Waals surface area contributed by atoms with E-state index >= 15 is 0 Å². The summed E-state index contributed by atoms with van der Waals surface area (Å²) in [6, 6.07) is 5.20. The number of hydrogen-bond donors (Lipinski definition) is 1. The number of nitrogens with one attached hydrogen (secondary N) is 1. The highest BCUT2D eigenvalue weighted by Gasteiger charge is 2.42. The number of carbonyl (C=O) groups excluding carboxylic acids is 1. The van der Waals surface area contributed by atoms with E-state index < -0.39 is 10.0 Å². The van der Waals surface area contributed by atoms with E-state index in [-0.39, 0.29) is 16.8 Å². The van der Waals surface area contributed by atoms with Gasteiger partial charge in [-0.15, -0.1) is 0 Å². The van der Waals surface area contributed by atoms with Gasteiger partial charge in [0.25, 0.3) is 0 Å². The molecule has 1 aromatic rings. The van der Waals surface area contributed by atoms with Crippen molar-refractivity contribution in [2.75, 3.05) is 20.2 Å². The Kier molecular flexibility index (Phi) is 6.72. The first-order valence-electron chi connectivity index (χ1n) is 11.5. The molecule has 4 rings (SSSR count). The second-order valence-corrected chi connectivity index (χ2v) is 11.3. The van der Waals surface area contributed by atoms with Crippen molar-refractivity contribution in [3.05, 3.63) is 29.8 Å². The summed E-state index contributed by atoms with van der Waals surface area (Å²) in [5, 5.41) is 3.12. The second-order valence-electron chi connectivity index (χ2n) is 9.34. The van der Waals surface area contributed by atoms with Gasteiger partial charge in [-0.1, -0.05) is 18.9 Å². The van der Waals surface area contributed by atoms with Crippen LogP contribution < -0.4 is 10.1 Å². The number of ether oxygens (including phenoxy) is 1. The number of rotatable bonds is 7. The molecule has 4 unspecified atom stereocenters. The molecule has 1 amide bonds. The minimum atomic E-state index is -3.63. The number of piperidine rings is 1. The van der Waals surface area contributed by atoms with Crippen molar-refractivity contribution < 1.29 is 17.9 Å². The van der Waals surface area contributed by atoms with Crippen LogP contribution in [0.15, 0.2) is 29.2 Å². The summed E-state index contributed by atoms with van der Waals surface area (Å²) in [4.78, 5) is 12.7. The van der Waals surface area contributed by atoms with E-state index in [4.69, 9.17) is 4.74 Å². The van der Waals surface area contributed by atoms with Gasteiger partial charge in [0.15, 0.2) is 0 Å². The van der Waals surface area contributed by atoms with Crippen LogP contribution in [0.25, 0.3) is 6.08 Å². The highest BCUT2D eigenvalue weighted by atomic mass is 32.2. The van der Waals surface area contributed by atoms with E-state index in [1.807, 2.05) is 0 Å². The van der Waals surface area contributed by atoms with Gasteiger partial charge in [0.1, 0.15) is 10.6 Å². The van der Waals surface area contributed by atoms with Crippen molar-refractivity contribution >= 4 is 22.0 Å². The Morgan fingerprint density at radius 3 is 2.61 bits per heavy atom. The van der Waals surface area contributed by atoms with Crippen molar-refractivity contribution in [1.82, 2.24) is 9.62 Å². The Hall–Kier alpha value is -1.86. The average Bonchev–Trinajstić information content (AvgIpc) is 3.42. The molecule has 4 atom stereocenters. The molecule has 7 heteroatoms. The maximum atomic E-state index is 13.2. The number of methoxy groups -OCH3 is 1. The zero-order valence-electron chi connectivity index (χ0n) is 18.5. The highest BCUT2D eigenvalue weighted by molar-refractivity contribution is 7.89. The fraction of sp³-hybridized carbons (Fsp3) is 0.625. The van der Waals surface area contributed by atoms with E-state index in [0.717, 1.165) is 31.1 Å². The van der Waals surface area contributed by atoms with Crippen LogP contribution in [-0.2, 0) is 14.8 Å². The number of fused-ring (bicyclic) bond motifs is 2. The molecule has 170 valence electrons. The van der Waals surface area contributed by atoms with Crippen LogP contribution in [0.3, 0.4) is 0 Å². The molecule has 1 N–H and O–H groups in total. The Morgan fingerprint density at radius 2 is 1.97 bits per heavy atom. The summed E-state index contributed by atoms with van der Waals surface area (Å²) in [5.74, 6) is 2.39. The largest absolute Gasteiger partial charge is 0.495 e. The van der Waals surface area contributed by atoms with E-state index in [0.29, 0.717) is 30.3 Å². The quantitative estimate of drug-likeness (QED) is 0.646. The zero-order chi connectivity index (χ0) is 22.0. The molecular formula is C24H34N2O4S. The number of sulfonamides is 1. The molecule has 0 radical (unpaired) electrons. The fourth-order valence-corrected chi connectivity index (χ4v) is 7.41. The molecule has 2 bridgehead atoms. The van der Waals surface area contributed by atoms with Crippen LogP contribution in [0, 0.1) is 17.8 Å². The first-order chi connectivity index (χ1) is 14.9. The molecule has 31 heavy (non-hydrogen) atoms. The normalized spacial score (nSPS) is 27.5. The highest BCUT2D eigenvalue weighted by Crippen LogP contribution is 2.49. The lowest BCUT2D eigenvalue weighted by Gasteiger charge is -2.28. The summed E-state index contributed by atoms with van der Waals surface area (Å²) in [6.07, 6.45) is 11.2. The molecular weight excluding hydrogens is 412 g/mol. The van der Waals surface area contributed by atoms with Gasteiger partial charge in [-0.05, 0) is 80.6 Å². The Labute approximate surface area is 186 Å². The molecule has 1 saturated heterocycles. The van der Waals surface area contributed by atoms with Crippen LogP contribution >= 0.6 is 0 Å². The van der Waals surface area contributed by atoms with Crippen molar-refractivity contribution in [2.45, 2.75) is 62.8 Å². The summed E-state index contributed by atoms with van der Waals surface area (Å²) in [6.45, 7) is 3.18. The number of nitrogens with zero attached hydrogens (tertiary/aromatic N) is 1. The lowest BCUT2D eigenvalue weighted by Crippen LogP contribution is -2.39. The van der Waals surface area contributed by atoms with Crippen LogP contribution in [0.4, 0.5) is 0 Å². The zero-order valence-corrected chi connectivity index (χ0v) is 19.4. The summed E-state index contributed by atoms with van der Waals surface area (Å²) < 4.78 is 33.2. The third-order valence-corrected chi connectivity index (χ3v) is 9.27.